The molecule has 0 amide bonds. The highest BCUT2D eigenvalue weighted by Crippen LogP contribution is 2.12. The van der Waals surface area contributed by atoms with E-state index in [4.69, 9.17) is 0 Å². The second-order valence-corrected chi connectivity index (χ2v) is 2.66. The Bertz CT molecular complexity index is 273. The predicted molar refractivity (Wildman–Crippen MR) is 44.4 cm³/mol. The Morgan fingerprint density at radius 1 is 1.55 bits per heavy atom. The average Bonchev–Trinajstić information content (AvgIpc) is 2.05. The number of hydrogen-bond donors (Lipinski definition) is 0. The van der Waals surface area contributed by atoms with Gasteiger partial charge in [0.25, 0.3) is 0 Å². The van der Waals surface area contributed by atoms with Crippen molar-refractivity contribution in [3.8, 4) is 0 Å². The maximum Gasteiger partial charge on any atom is 0.150 e. The number of carbonyl (C=O) groups is 1. The van der Waals surface area contributed by atoms with Crippen molar-refractivity contribution >= 4 is 22.2 Å². The van der Waals surface area contributed by atoms with E-state index in [9.17, 15) is 9.18 Å². The number of alkyl halides is 1. The van der Waals surface area contributed by atoms with Crippen LogP contribution in [0.1, 0.15) is 15.9 Å². The van der Waals surface area contributed by atoms with Crippen molar-refractivity contribution in [1.82, 2.24) is 0 Å². The van der Waals surface area contributed by atoms with E-state index in [0.29, 0.717) is 22.7 Å². The third-order valence-electron chi connectivity index (χ3n) is 1.35. The number of carbonyl (C=O) groups excluding carboxylic acids is 1. The molecule has 0 aliphatic carbocycles. The van der Waals surface area contributed by atoms with E-state index in [2.05, 4.69) is 15.9 Å². The van der Waals surface area contributed by atoms with Gasteiger partial charge in [-0.2, -0.15) is 0 Å². The van der Waals surface area contributed by atoms with Crippen LogP contribution in [0.5, 0.6) is 0 Å². The van der Waals surface area contributed by atoms with Gasteiger partial charge in [-0.15, -0.1) is 0 Å². The minimum Gasteiger partial charge on any atom is -0.298 e. The van der Waals surface area contributed by atoms with Gasteiger partial charge in [0.15, 0.2) is 0 Å². The minimum absolute atomic E-state index is 0.285. The van der Waals surface area contributed by atoms with Gasteiger partial charge in [0, 0.05) is 10.9 Å². The monoisotopic (exact) mass is 216 g/mol. The number of hydrogen-bond acceptors (Lipinski definition) is 1. The quantitative estimate of drug-likeness (QED) is 0.549. The smallest absolute Gasteiger partial charge is 0.150 e. The van der Waals surface area contributed by atoms with Gasteiger partial charge >= 0.3 is 0 Å². The van der Waals surface area contributed by atoms with E-state index in [1.54, 1.807) is 0 Å². The van der Waals surface area contributed by atoms with Crippen LogP contribution in [-0.4, -0.2) is 6.29 Å². The highest BCUT2D eigenvalue weighted by molar-refractivity contribution is 9.08. The lowest BCUT2D eigenvalue weighted by Gasteiger charge is -1.97. The van der Waals surface area contributed by atoms with Crippen molar-refractivity contribution in [1.29, 1.82) is 0 Å². The second kappa shape index (κ2) is 3.62. The molecule has 0 fully saturated rings. The molecule has 0 saturated heterocycles. The van der Waals surface area contributed by atoms with Crippen molar-refractivity contribution in [2.75, 3.05) is 0 Å². The summed E-state index contributed by atoms with van der Waals surface area (Å²) < 4.78 is 12.8. The normalized spacial score (nSPS) is 9.64. The Balaban J connectivity index is 3.12. The van der Waals surface area contributed by atoms with Crippen LogP contribution in [0, 0.1) is 5.82 Å². The van der Waals surface area contributed by atoms with Crippen LogP contribution in [0.15, 0.2) is 18.2 Å². The van der Waals surface area contributed by atoms with Gasteiger partial charge in [-0.05, 0) is 23.8 Å². The van der Waals surface area contributed by atoms with Crippen LogP contribution in [0.3, 0.4) is 0 Å². The lowest BCUT2D eigenvalue weighted by molar-refractivity contribution is 0.112. The molecule has 0 N–H and O–H groups in total. The lowest BCUT2D eigenvalue weighted by Crippen LogP contribution is -1.88. The first-order chi connectivity index (χ1) is 5.27. The van der Waals surface area contributed by atoms with Crippen LogP contribution in [0.25, 0.3) is 0 Å². The standard InChI is InChI=1S/C8H6BrFO/c9-4-7-3-6(5-11)1-2-8(7)10/h1-3,5H,4H2. The first-order valence-electron chi connectivity index (χ1n) is 3.07. The molecule has 0 atom stereocenters. The molecule has 0 unspecified atom stereocenters. The molecule has 1 rings (SSSR count). The fourth-order valence-corrected chi connectivity index (χ4v) is 1.20. The molecule has 0 aliphatic heterocycles. The summed E-state index contributed by atoms with van der Waals surface area (Å²) in [5, 5.41) is 0.431. The van der Waals surface area contributed by atoms with E-state index >= 15 is 0 Å². The SMILES string of the molecule is O=Cc1ccc(F)c(CBr)c1. The Hall–Kier alpha value is -0.700. The Morgan fingerprint density at radius 2 is 2.27 bits per heavy atom. The summed E-state index contributed by atoms with van der Waals surface area (Å²) in [6.07, 6.45) is 0.700. The molecule has 1 nitrogen and oxygen atoms in total. The molecule has 0 aliphatic rings. The third kappa shape index (κ3) is 1.87. The fraction of sp³-hybridized carbons (Fsp3) is 0.125. The van der Waals surface area contributed by atoms with Gasteiger partial charge in [-0.1, -0.05) is 15.9 Å². The molecule has 0 heterocycles. The van der Waals surface area contributed by atoms with Crippen molar-refractivity contribution in [2.24, 2.45) is 0 Å². The molecule has 1 aromatic carbocycles. The van der Waals surface area contributed by atoms with Gasteiger partial charge in [0.1, 0.15) is 12.1 Å². The summed E-state index contributed by atoms with van der Waals surface area (Å²) in [6.45, 7) is 0. The van der Waals surface area contributed by atoms with Gasteiger partial charge in [0.2, 0.25) is 0 Å². The summed E-state index contributed by atoms with van der Waals surface area (Å²) in [5.74, 6) is -0.285. The van der Waals surface area contributed by atoms with Crippen LogP contribution >= 0.6 is 15.9 Å². The molecular formula is C8H6BrFO. The maximum atomic E-state index is 12.8. The molecule has 0 saturated carbocycles. The first-order valence-corrected chi connectivity index (χ1v) is 4.19. The highest BCUT2D eigenvalue weighted by atomic mass is 79.9. The van der Waals surface area contributed by atoms with Gasteiger partial charge in [0.05, 0.1) is 0 Å². The number of aldehydes is 1. The molecule has 0 radical (unpaired) electrons. The Kier molecular flexibility index (Phi) is 2.76. The molecule has 11 heavy (non-hydrogen) atoms. The van der Waals surface area contributed by atoms with Crippen molar-refractivity contribution in [3.63, 3.8) is 0 Å². The largest absolute Gasteiger partial charge is 0.298 e. The number of rotatable bonds is 2. The Morgan fingerprint density at radius 3 is 2.82 bits per heavy atom. The highest BCUT2D eigenvalue weighted by Gasteiger charge is 2.00. The molecular weight excluding hydrogens is 211 g/mol. The molecule has 0 bridgehead atoms. The summed E-state index contributed by atoms with van der Waals surface area (Å²) in [7, 11) is 0. The van der Waals surface area contributed by atoms with Gasteiger partial charge in [-0.3, -0.25) is 4.79 Å². The van der Waals surface area contributed by atoms with Crippen LogP contribution in [-0.2, 0) is 5.33 Å². The average molecular weight is 217 g/mol. The number of halogens is 2. The molecule has 58 valence electrons. The van der Waals surface area contributed by atoms with Crippen molar-refractivity contribution in [2.45, 2.75) is 5.33 Å². The first kappa shape index (κ1) is 8.40. The van der Waals surface area contributed by atoms with E-state index in [-0.39, 0.29) is 5.82 Å². The van der Waals surface area contributed by atoms with Crippen LogP contribution < -0.4 is 0 Å². The topological polar surface area (TPSA) is 17.1 Å². The molecule has 1 aromatic rings. The summed E-state index contributed by atoms with van der Waals surface area (Å²) >= 11 is 3.12. The zero-order valence-electron chi connectivity index (χ0n) is 5.68. The van der Waals surface area contributed by atoms with Crippen LogP contribution in [0.2, 0.25) is 0 Å². The lowest BCUT2D eigenvalue weighted by atomic mass is 10.1. The third-order valence-corrected chi connectivity index (χ3v) is 1.95. The summed E-state index contributed by atoms with van der Waals surface area (Å²) in [5.41, 5.74) is 1.01. The minimum atomic E-state index is -0.285. The van der Waals surface area contributed by atoms with E-state index < -0.39 is 0 Å². The molecule has 0 aromatic heterocycles. The van der Waals surface area contributed by atoms with Gasteiger partial charge in [-0.25, -0.2) is 4.39 Å². The van der Waals surface area contributed by atoms with Crippen molar-refractivity contribution in [3.05, 3.63) is 35.1 Å². The van der Waals surface area contributed by atoms with E-state index in [1.165, 1.54) is 18.2 Å². The van der Waals surface area contributed by atoms with Gasteiger partial charge < -0.3 is 0 Å². The van der Waals surface area contributed by atoms with Crippen LogP contribution in [0.4, 0.5) is 4.39 Å². The summed E-state index contributed by atoms with van der Waals surface area (Å²) in [6, 6.07) is 4.27. The second-order valence-electron chi connectivity index (χ2n) is 2.10. The fourth-order valence-electron chi connectivity index (χ4n) is 0.770. The predicted octanol–water partition coefficient (Wildman–Crippen LogP) is 2.53. The van der Waals surface area contributed by atoms with E-state index in [1.807, 2.05) is 0 Å². The summed E-state index contributed by atoms with van der Waals surface area (Å²) in [4.78, 5) is 10.2. The maximum absolute atomic E-state index is 12.8. The zero-order chi connectivity index (χ0) is 8.27. The van der Waals surface area contributed by atoms with Crippen molar-refractivity contribution < 1.29 is 9.18 Å². The molecule has 0 spiro atoms. The van der Waals surface area contributed by atoms with E-state index in [0.717, 1.165) is 0 Å². The Labute approximate surface area is 72.4 Å². The molecule has 3 heteroatoms. The number of benzene rings is 1. The zero-order valence-corrected chi connectivity index (χ0v) is 7.27.